The Hall–Kier alpha value is -2.93. The maximum atomic E-state index is 10.9. The number of carbonyl (C=O) groups is 1. The van der Waals surface area contributed by atoms with Gasteiger partial charge >= 0.3 is 0 Å². The highest BCUT2D eigenvalue weighted by molar-refractivity contribution is 6.30. The first-order chi connectivity index (χ1) is 14.0. The second kappa shape index (κ2) is 11.8. The minimum Gasteiger partial charge on any atom is -0.492 e. The van der Waals surface area contributed by atoms with E-state index in [1.54, 1.807) is 12.1 Å². The average Bonchev–Trinajstić information content (AvgIpc) is 2.70. The summed E-state index contributed by atoms with van der Waals surface area (Å²) in [6, 6.07) is 14.8. The number of amides is 1. The van der Waals surface area contributed by atoms with Crippen LogP contribution in [-0.4, -0.2) is 50.1 Å². The van der Waals surface area contributed by atoms with E-state index in [2.05, 4.69) is 10.3 Å². The van der Waals surface area contributed by atoms with E-state index in [1.165, 1.54) is 0 Å². The number of nitrogens with two attached hydrogens (primary N) is 1. The van der Waals surface area contributed by atoms with Crippen LogP contribution in [0.3, 0.4) is 0 Å². The summed E-state index contributed by atoms with van der Waals surface area (Å²) in [6.45, 7) is 4.24. The largest absolute Gasteiger partial charge is 0.492 e. The van der Waals surface area contributed by atoms with Gasteiger partial charge in [-0.1, -0.05) is 29.8 Å². The van der Waals surface area contributed by atoms with Crippen molar-refractivity contribution in [2.24, 2.45) is 10.7 Å². The predicted octanol–water partition coefficient (Wildman–Crippen LogP) is 2.68. The van der Waals surface area contributed by atoms with Gasteiger partial charge in [-0.05, 0) is 42.8 Å². The van der Waals surface area contributed by atoms with Crippen molar-refractivity contribution in [3.8, 4) is 11.5 Å². The lowest BCUT2D eigenvalue weighted by molar-refractivity contribution is -0.119. The molecule has 0 aliphatic heterocycles. The number of nitrogens with zero attached hydrogens (tertiary/aromatic N) is 2. The molecule has 3 N–H and O–H groups in total. The van der Waals surface area contributed by atoms with E-state index in [-0.39, 0.29) is 6.61 Å². The lowest BCUT2D eigenvalue weighted by atomic mass is 10.2. The Morgan fingerprint density at radius 2 is 1.90 bits per heavy atom. The van der Waals surface area contributed by atoms with Crippen LogP contribution in [-0.2, 0) is 11.3 Å². The highest BCUT2D eigenvalue weighted by Gasteiger charge is 2.07. The van der Waals surface area contributed by atoms with Gasteiger partial charge in [-0.25, -0.2) is 4.99 Å². The number of benzene rings is 2. The number of rotatable bonds is 10. The zero-order valence-electron chi connectivity index (χ0n) is 16.7. The number of hydrogen-bond donors (Lipinski definition) is 2. The molecule has 0 heterocycles. The van der Waals surface area contributed by atoms with Crippen molar-refractivity contribution in [3.05, 3.63) is 59.1 Å². The van der Waals surface area contributed by atoms with Crippen molar-refractivity contribution in [1.82, 2.24) is 10.2 Å². The van der Waals surface area contributed by atoms with Crippen LogP contribution < -0.4 is 20.5 Å². The van der Waals surface area contributed by atoms with E-state index in [9.17, 15) is 4.79 Å². The second-order valence-corrected chi connectivity index (χ2v) is 6.74. The highest BCUT2D eigenvalue weighted by Crippen LogP contribution is 2.17. The van der Waals surface area contributed by atoms with Gasteiger partial charge in [-0.2, -0.15) is 0 Å². The van der Waals surface area contributed by atoms with E-state index in [0.29, 0.717) is 30.5 Å². The summed E-state index contributed by atoms with van der Waals surface area (Å²) >= 11 is 5.97. The van der Waals surface area contributed by atoms with Crippen LogP contribution in [0.5, 0.6) is 11.5 Å². The molecule has 0 atom stereocenters. The molecule has 2 aromatic carbocycles. The number of nitrogens with one attached hydrogen (secondary N) is 1. The topological polar surface area (TPSA) is 89.2 Å². The summed E-state index contributed by atoms with van der Waals surface area (Å²) in [7, 11) is 1.95. The Kier molecular flexibility index (Phi) is 9.11. The lowest BCUT2D eigenvalue weighted by Crippen LogP contribution is -2.40. The standard InChI is InChI=1S/C21H27ClN4O3/c1-3-24-21(26(2)10-11-28-19-9-5-7-17(22)13-19)25-14-16-6-4-8-18(12-16)29-15-20(23)27/h4-9,12-13H,3,10-11,14-15H2,1-2H3,(H2,23,27)(H,24,25). The van der Waals surface area contributed by atoms with Crippen LogP contribution in [0.1, 0.15) is 12.5 Å². The fourth-order valence-corrected chi connectivity index (χ4v) is 2.67. The van der Waals surface area contributed by atoms with Gasteiger partial charge in [0.15, 0.2) is 12.6 Å². The van der Waals surface area contributed by atoms with Crippen LogP contribution in [0.25, 0.3) is 0 Å². The van der Waals surface area contributed by atoms with Gasteiger partial charge in [0.2, 0.25) is 0 Å². The Bertz CT molecular complexity index is 829. The Labute approximate surface area is 176 Å². The zero-order valence-corrected chi connectivity index (χ0v) is 17.5. The number of carbonyl (C=O) groups excluding carboxylic acids is 1. The van der Waals surface area contributed by atoms with Crippen LogP contribution in [0, 0.1) is 0 Å². The molecule has 0 spiro atoms. The maximum absolute atomic E-state index is 10.9. The fraction of sp³-hybridized carbons (Fsp3) is 0.333. The third-order valence-corrected chi connectivity index (χ3v) is 4.11. The monoisotopic (exact) mass is 418 g/mol. The van der Waals surface area contributed by atoms with Gasteiger partial charge in [0, 0.05) is 18.6 Å². The van der Waals surface area contributed by atoms with E-state index in [0.717, 1.165) is 23.8 Å². The normalized spacial score (nSPS) is 11.1. The Morgan fingerprint density at radius 3 is 2.59 bits per heavy atom. The van der Waals surface area contributed by atoms with E-state index in [4.69, 9.17) is 26.8 Å². The summed E-state index contributed by atoms with van der Waals surface area (Å²) in [5.41, 5.74) is 6.08. The molecule has 0 saturated carbocycles. The van der Waals surface area contributed by atoms with Gasteiger partial charge in [0.05, 0.1) is 13.1 Å². The SMILES string of the molecule is CCNC(=NCc1cccc(OCC(N)=O)c1)N(C)CCOc1cccc(Cl)c1. The molecule has 0 aliphatic rings. The van der Waals surface area contributed by atoms with Crippen molar-refractivity contribution >= 4 is 23.5 Å². The quantitative estimate of drug-likeness (QED) is 0.457. The molecule has 0 aliphatic carbocycles. The third-order valence-electron chi connectivity index (χ3n) is 3.88. The van der Waals surface area contributed by atoms with E-state index >= 15 is 0 Å². The van der Waals surface area contributed by atoms with Crippen LogP contribution in [0.15, 0.2) is 53.5 Å². The minimum atomic E-state index is -0.510. The van der Waals surface area contributed by atoms with Crippen LogP contribution in [0.2, 0.25) is 5.02 Å². The number of guanidine groups is 1. The van der Waals surface area contributed by atoms with Crippen molar-refractivity contribution in [2.45, 2.75) is 13.5 Å². The van der Waals surface area contributed by atoms with Crippen molar-refractivity contribution in [1.29, 1.82) is 0 Å². The smallest absolute Gasteiger partial charge is 0.255 e. The van der Waals surface area contributed by atoms with Gasteiger partial charge in [-0.15, -0.1) is 0 Å². The lowest BCUT2D eigenvalue weighted by Gasteiger charge is -2.22. The molecule has 1 amide bonds. The molecule has 2 aromatic rings. The van der Waals surface area contributed by atoms with Crippen LogP contribution in [0.4, 0.5) is 0 Å². The van der Waals surface area contributed by atoms with Crippen molar-refractivity contribution in [2.75, 3.05) is 33.4 Å². The molecule has 2 rings (SSSR count). The highest BCUT2D eigenvalue weighted by atomic mass is 35.5. The fourth-order valence-electron chi connectivity index (χ4n) is 2.49. The molecule has 8 heteroatoms. The third kappa shape index (κ3) is 8.31. The van der Waals surface area contributed by atoms with Gasteiger partial charge < -0.3 is 25.4 Å². The molecule has 156 valence electrons. The predicted molar refractivity (Wildman–Crippen MR) is 116 cm³/mol. The number of primary amides is 1. The van der Waals surface area contributed by atoms with E-state index in [1.807, 2.05) is 55.3 Å². The maximum Gasteiger partial charge on any atom is 0.255 e. The molecular formula is C21H27ClN4O3. The Balaban J connectivity index is 1.92. The van der Waals surface area contributed by atoms with Gasteiger partial charge in [-0.3, -0.25) is 4.79 Å². The number of hydrogen-bond acceptors (Lipinski definition) is 4. The van der Waals surface area contributed by atoms with E-state index < -0.39 is 5.91 Å². The van der Waals surface area contributed by atoms with Crippen LogP contribution >= 0.6 is 11.6 Å². The molecule has 7 nitrogen and oxygen atoms in total. The summed E-state index contributed by atoms with van der Waals surface area (Å²) in [5, 5.41) is 3.92. The molecular weight excluding hydrogens is 392 g/mol. The molecule has 0 bridgehead atoms. The molecule has 0 saturated heterocycles. The van der Waals surface area contributed by atoms with Crippen molar-refractivity contribution < 1.29 is 14.3 Å². The summed E-state index contributed by atoms with van der Waals surface area (Å²) in [4.78, 5) is 17.5. The number of likely N-dealkylation sites (N-methyl/N-ethyl adjacent to an activating group) is 1. The number of halogens is 1. The first-order valence-corrected chi connectivity index (χ1v) is 9.73. The van der Waals surface area contributed by atoms with Gasteiger partial charge in [0.1, 0.15) is 18.1 Å². The first kappa shape index (κ1) is 22.4. The summed E-state index contributed by atoms with van der Waals surface area (Å²) < 4.78 is 11.1. The zero-order chi connectivity index (χ0) is 21.1. The number of aliphatic imine (C=N–C) groups is 1. The molecule has 29 heavy (non-hydrogen) atoms. The molecule has 0 fully saturated rings. The first-order valence-electron chi connectivity index (χ1n) is 9.35. The molecule has 0 unspecified atom stereocenters. The number of ether oxygens (including phenoxy) is 2. The average molecular weight is 419 g/mol. The summed E-state index contributed by atoms with van der Waals surface area (Å²) in [5.74, 6) is 1.58. The summed E-state index contributed by atoms with van der Waals surface area (Å²) in [6.07, 6.45) is 0. The molecule has 0 radical (unpaired) electrons. The second-order valence-electron chi connectivity index (χ2n) is 6.30. The Morgan fingerprint density at radius 1 is 1.17 bits per heavy atom. The molecule has 0 aromatic heterocycles. The van der Waals surface area contributed by atoms with Gasteiger partial charge in [0.25, 0.3) is 5.91 Å². The van der Waals surface area contributed by atoms with Crippen molar-refractivity contribution in [3.63, 3.8) is 0 Å². The minimum absolute atomic E-state index is 0.148.